The zero-order valence-electron chi connectivity index (χ0n) is 14.8. The van der Waals surface area contributed by atoms with Gasteiger partial charge >= 0.3 is 0 Å². The molecule has 1 unspecified atom stereocenters. The maximum atomic E-state index is 13.0. The van der Waals surface area contributed by atoms with Crippen molar-refractivity contribution in [1.82, 2.24) is 9.47 Å². The van der Waals surface area contributed by atoms with Gasteiger partial charge < -0.3 is 14.2 Å². The molecular formula is C20H24N2O3. The van der Waals surface area contributed by atoms with Gasteiger partial charge in [-0.25, -0.2) is 0 Å². The van der Waals surface area contributed by atoms with Gasteiger partial charge in [0.25, 0.3) is 11.5 Å². The molecule has 3 rings (SSSR count). The van der Waals surface area contributed by atoms with Crippen LogP contribution < -0.4 is 5.56 Å². The summed E-state index contributed by atoms with van der Waals surface area (Å²) in [5, 5.41) is 0. The number of amides is 1. The number of ether oxygens (including phenoxy) is 1. The Hall–Kier alpha value is -2.40. The molecule has 1 fully saturated rings. The molecule has 0 saturated carbocycles. The molecule has 0 spiro atoms. The number of pyridine rings is 1. The molecule has 5 nitrogen and oxygen atoms in total. The number of carbonyl (C=O) groups excluding carboxylic acids is 1. The Morgan fingerprint density at radius 1 is 1.28 bits per heavy atom. The highest BCUT2D eigenvalue weighted by Gasteiger charge is 2.30. The van der Waals surface area contributed by atoms with E-state index < -0.39 is 0 Å². The summed E-state index contributed by atoms with van der Waals surface area (Å²) in [5.74, 6) is -0.0184. The van der Waals surface area contributed by atoms with Crippen molar-refractivity contribution in [3.05, 3.63) is 69.6 Å². The van der Waals surface area contributed by atoms with Gasteiger partial charge in [0.2, 0.25) is 0 Å². The van der Waals surface area contributed by atoms with Gasteiger partial charge in [-0.1, -0.05) is 29.8 Å². The van der Waals surface area contributed by atoms with Crippen LogP contribution in [0.2, 0.25) is 0 Å². The minimum absolute atomic E-state index is 0.0184. The van der Waals surface area contributed by atoms with Crippen LogP contribution in [0.1, 0.15) is 40.4 Å². The van der Waals surface area contributed by atoms with Crippen molar-refractivity contribution < 1.29 is 9.53 Å². The van der Waals surface area contributed by atoms with Crippen LogP contribution >= 0.6 is 0 Å². The van der Waals surface area contributed by atoms with Crippen molar-refractivity contribution in [3.8, 4) is 0 Å². The molecule has 1 atom stereocenters. The number of aryl methyl sites for hydroxylation is 1. The maximum absolute atomic E-state index is 13.0. The Bertz CT molecular complexity index is 813. The molecule has 1 aromatic carbocycles. The largest absolute Gasteiger partial charge is 0.383 e. The predicted octanol–water partition coefficient (Wildman–Crippen LogP) is 2.78. The monoisotopic (exact) mass is 340 g/mol. The Morgan fingerprint density at radius 2 is 2.12 bits per heavy atom. The average Bonchev–Trinajstić information content (AvgIpc) is 3.10. The highest BCUT2D eigenvalue weighted by Crippen LogP contribution is 2.33. The minimum atomic E-state index is -0.120. The number of nitrogens with zero attached hydrogens (tertiary/aromatic N) is 2. The highest BCUT2D eigenvalue weighted by atomic mass is 16.5. The quantitative estimate of drug-likeness (QED) is 0.841. The fraction of sp³-hybridized carbons (Fsp3) is 0.400. The van der Waals surface area contributed by atoms with Gasteiger partial charge in [-0.15, -0.1) is 0 Å². The van der Waals surface area contributed by atoms with E-state index in [1.807, 2.05) is 11.0 Å². The Labute approximate surface area is 147 Å². The summed E-state index contributed by atoms with van der Waals surface area (Å²) in [6.45, 7) is 3.69. The summed E-state index contributed by atoms with van der Waals surface area (Å²) in [4.78, 5) is 26.9. The fourth-order valence-corrected chi connectivity index (χ4v) is 3.42. The third kappa shape index (κ3) is 3.82. The Morgan fingerprint density at radius 3 is 2.88 bits per heavy atom. The first-order valence-corrected chi connectivity index (χ1v) is 8.67. The van der Waals surface area contributed by atoms with Crippen molar-refractivity contribution in [3.63, 3.8) is 0 Å². The first-order chi connectivity index (χ1) is 12.1. The Balaban J connectivity index is 1.85. The van der Waals surface area contributed by atoms with Crippen molar-refractivity contribution >= 4 is 5.91 Å². The molecule has 0 N–H and O–H groups in total. The standard InChI is InChI=1S/C20H24N2O3/c1-15-5-3-6-16(13-15)18-7-4-10-22(18)20(24)17-8-9-19(23)21(14-17)11-12-25-2/h3,5-6,8-9,13-14,18H,4,7,10-12H2,1-2H3. The van der Waals surface area contributed by atoms with E-state index in [2.05, 4.69) is 25.1 Å². The molecule has 132 valence electrons. The molecule has 0 radical (unpaired) electrons. The number of hydrogen-bond donors (Lipinski definition) is 0. The summed E-state index contributed by atoms with van der Waals surface area (Å²) in [6.07, 6.45) is 3.61. The van der Waals surface area contributed by atoms with Crippen LogP contribution in [0.15, 0.2) is 47.4 Å². The van der Waals surface area contributed by atoms with Crippen molar-refractivity contribution in [2.24, 2.45) is 0 Å². The van der Waals surface area contributed by atoms with E-state index in [-0.39, 0.29) is 17.5 Å². The zero-order chi connectivity index (χ0) is 17.8. The summed E-state index contributed by atoms with van der Waals surface area (Å²) < 4.78 is 6.57. The van der Waals surface area contributed by atoms with Gasteiger partial charge in [0, 0.05) is 32.5 Å². The molecule has 25 heavy (non-hydrogen) atoms. The molecule has 1 amide bonds. The highest BCUT2D eigenvalue weighted by molar-refractivity contribution is 5.94. The normalized spacial score (nSPS) is 17.0. The topological polar surface area (TPSA) is 51.5 Å². The number of methoxy groups -OCH3 is 1. The second-order valence-electron chi connectivity index (χ2n) is 6.51. The lowest BCUT2D eigenvalue weighted by atomic mass is 10.0. The molecule has 1 aromatic heterocycles. The Kier molecular flexibility index (Phi) is 5.34. The fourth-order valence-electron chi connectivity index (χ4n) is 3.42. The van der Waals surface area contributed by atoms with E-state index in [0.29, 0.717) is 18.7 Å². The smallest absolute Gasteiger partial charge is 0.255 e. The van der Waals surface area contributed by atoms with Crippen LogP contribution in [-0.2, 0) is 11.3 Å². The number of aromatic nitrogens is 1. The summed E-state index contributed by atoms with van der Waals surface area (Å²) in [6, 6.07) is 11.5. The van der Waals surface area contributed by atoms with Crippen molar-refractivity contribution in [2.75, 3.05) is 20.3 Å². The number of hydrogen-bond acceptors (Lipinski definition) is 3. The second kappa shape index (κ2) is 7.66. The van der Waals surface area contributed by atoms with Crippen LogP contribution in [0.3, 0.4) is 0 Å². The van der Waals surface area contributed by atoms with Gasteiger partial charge in [-0.3, -0.25) is 9.59 Å². The van der Waals surface area contributed by atoms with Crippen LogP contribution in [0.5, 0.6) is 0 Å². The number of carbonyl (C=O) groups is 1. The third-order valence-corrected chi connectivity index (χ3v) is 4.71. The van der Waals surface area contributed by atoms with Crippen LogP contribution in [0, 0.1) is 6.92 Å². The molecular weight excluding hydrogens is 316 g/mol. The maximum Gasteiger partial charge on any atom is 0.255 e. The lowest BCUT2D eigenvalue weighted by molar-refractivity contribution is 0.0734. The average molecular weight is 340 g/mol. The summed E-state index contributed by atoms with van der Waals surface area (Å²) in [5.41, 5.74) is 2.81. The zero-order valence-corrected chi connectivity index (χ0v) is 14.8. The van der Waals surface area contributed by atoms with Crippen LogP contribution in [-0.4, -0.2) is 35.6 Å². The predicted molar refractivity (Wildman–Crippen MR) is 96.8 cm³/mol. The van der Waals surface area contributed by atoms with Crippen LogP contribution in [0.4, 0.5) is 0 Å². The first kappa shape index (κ1) is 17.4. The molecule has 2 heterocycles. The van der Waals surface area contributed by atoms with E-state index in [1.54, 1.807) is 19.4 Å². The minimum Gasteiger partial charge on any atom is -0.383 e. The molecule has 1 saturated heterocycles. The van der Waals surface area contributed by atoms with Gasteiger partial charge in [-0.05, 0) is 31.4 Å². The SMILES string of the molecule is COCCn1cc(C(=O)N2CCCC2c2cccc(C)c2)ccc1=O. The lowest BCUT2D eigenvalue weighted by Crippen LogP contribution is -2.32. The van der Waals surface area contributed by atoms with Crippen molar-refractivity contribution in [1.29, 1.82) is 0 Å². The van der Waals surface area contributed by atoms with E-state index in [4.69, 9.17) is 4.74 Å². The lowest BCUT2D eigenvalue weighted by Gasteiger charge is -2.25. The number of benzene rings is 1. The van der Waals surface area contributed by atoms with E-state index in [9.17, 15) is 9.59 Å². The van der Waals surface area contributed by atoms with Gasteiger partial charge in [0.15, 0.2) is 0 Å². The van der Waals surface area contributed by atoms with E-state index in [1.165, 1.54) is 21.8 Å². The molecule has 5 heteroatoms. The third-order valence-electron chi connectivity index (χ3n) is 4.71. The molecule has 2 aromatic rings. The van der Waals surface area contributed by atoms with Crippen LogP contribution in [0.25, 0.3) is 0 Å². The van der Waals surface area contributed by atoms with Crippen molar-refractivity contribution in [2.45, 2.75) is 32.4 Å². The van der Waals surface area contributed by atoms with Gasteiger partial charge in [0.05, 0.1) is 18.2 Å². The van der Waals surface area contributed by atoms with E-state index >= 15 is 0 Å². The number of likely N-dealkylation sites (tertiary alicyclic amines) is 1. The van der Waals surface area contributed by atoms with Gasteiger partial charge in [0.1, 0.15) is 0 Å². The van der Waals surface area contributed by atoms with E-state index in [0.717, 1.165) is 19.4 Å². The van der Waals surface area contributed by atoms with Gasteiger partial charge in [-0.2, -0.15) is 0 Å². The molecule has 1 aliphatic heterocycles. The second-order valence-corrected chi connectivity index (χ2v) is 6.51. The molecule has 0 aliphatic carbocycles. The molecule has 0 bridgehead atoms. The summed E-state index contributed by atoms with van der Waals surface area (Å²) in [7, 11) is 1.59. The summed E-state index contributed by atoms with van der Waals surface area (Å²) >= 11 is 0. The number of rotatable bonds is 5. The molecule has 1 aliphatic rings. The first-order valence-electron chi connectivity index (χ1n) is 8.67.